The molecule has 0 aliphatic rings. The number of aliphatic hydroxyl groups excluding tert-OH is 2. The van der Waals surface area contributed by atoms with Gasteiger partial charge in [-0.15, -0.1) is 0 Å². The fourth-order valence-corrected chi connectivity index (χ4v) is 8.02. The molecule has 2 unspecified atom stereocenters. The van der Waals surface area contributed by atoms with Crippen molar-refractivity contribution in [2.75, 3.05) is 13.2 Å². The fourth-order valence-electron chi connectivity index (χ4n) is 8.02. The van der Waals surface area contributed by atoms with Gasteiger partial charge in [-0.05, 0) is 83.5 Å². The molecule has 2 atom stereocenters. The third-order valence-corrected chi connectivity index (χ3v) is 12.2. The summed E-state index contributed by atoms with van der Waals surface area (Å²) >= 11 is 0. The Hall–Kier alpha value is -1.92. The fraction of sp³-hybridized carbons (Fsp3) is 0.855. The number of hydrogen-bond acceptors (Lipinski definition) is 5. The van der Waals surface area contributed by atoms with Crippen LogP contribution in [0, 0.1) is 0 Å². The zero-order valence-corrected chi connectivity index (χ0v) is 40.6. The van der Waals surface area contributed by atoms with Gasteiger partial charge in [-0.2, -0.15) is 0 Å². The highest BCUT2D eigenvalue weighted by atomic mass is 16.5. The first-order valence-corrected chi connectivity index (χ1v) is 26.7. The topological polar surface area (TPSA) is 95.9 Å². The number of hydrogen-bond donors (Lipinski definition) is 3. The average Bonchev–Trinajstić information content (AvgIpc) is 3.26. The van der Waals surface area contributed by atoms with E-state index in [4.69, 9.17) is 4.74 Å². The predicted molar refractivity (Wildman–Crippen MR) is 264 cm³/mol. The second-order valence-electron chi connectivity index (χ2n) is 18.2. The number of nitrogens with one attached hydrogen (secondary N) is 1. The summed E-state index contributed by atoms with van der Waals surface area (Å²) in [6.45, 7) is 4.84. The Balaban J connectivity index is 3.54. The first kappa shape index (κ1) is 59.1. The minimum atomic E-state index is -0.688. The van der Waals surface area contributed by atoms with Crippen molar-refractivity contribution in [2.45, 2.75) is 289 Å². The highest BCUT2D eigenvalue weighted by molar-refractivity contribution is 5.76. The highest BCUT2D eigenvalue weighted by Crippen LogP contribution is 2.16. The van der Waals surface area contributed by atoms with Crippen molar-refractivity contribution in [3.05, 3.63) is 36.5 Å². The van der Waals surface area contributed by atoms with Gasteiger partial charge in [0.05, 0.1) is 25.4 Å². The number of ether oxygens (including phenoxy) is 1. The van der Waals surface area contributed by atoms with Crippen LogP contribution in [0.4, 0.5) is 0 Å². The predicted octanol–water partition coefficient (Wildman–Crippen LogP) is 16.1. The van der Waals surface area contributed by atoms with Gasteiger partial charge in [0.25, 0.3) is 0 Å². The molecule has 0 aliphatic heterocycles. The number of esters is 1. The second-order valence-corrected chi connectivity index (χ2v) is 18.2. The van der Waals surface area contributed by atoms with Crippen LogP contribution >= 0.6 is 0 Å². The summed E-state index contributed by atoms with van der Waals surface area (Å²) in [5.41, 5.74) is 0. The molecule has 0 saturated carbocycles. The van der Waals surface area contributed by atoms with Crippen molar-refractivity contribution >= 4 is 11.9 Å². The van der Waals surface area contributed by atoms with Gasteiger partial charge in [0.1, 0.15) is 0 Å². The Morgan fingerprint density at radius 3 is 1.28 bits per heavy atom. The van der Waals surface area contributed by atoms with E-state index in [0.717, 1.165) is 89.9 Å². The third kappa shape index (κ3) is 47.4. The average molecular weight is 858 g/mol. The Labute approximate surface area is 379 Å². The normalized spacial score (nSPS) is 12.9. The van der Waals surface area contributed by atoms with Gasteiger partial charge < -0.3 is 20.3 Å². The quantitative estimate of drug-likeness (QED) is 0.0322. The molecule has 0 aliphatic carbocycles. The van der Waals surface area contributed by atoms with E-state index < -0.39 is 12.1 Å². The monoisotopic (exact) mass is 858 g/mol. The Morgan fingerprint density at radius 1 is 0.459 bits per heavy atom. The van der Waals surface area contributed by atoms with E-state index in [2.05, 4.69) is 55.6 Å². The van der Waals surface area contributed by atoms with Crippen LogP contribution in [-0.2, 0) is 14.3 Å². The lowest BCUT2D eigenvalue weighted by atomic mass is 10.0. The SMILES string of the molecule is CCCCCC/C=C\C/C=C\CCCCCCCC(=O)OCCCC/C=C\CCCCCCC(=O)NC(CO)C(O)CCCCCCCCCCCCCCCCCCCC. The Kier molecular flexibility index (Phi) is 49.1. The van der Waals surface area contributed by atoms with Gasteiger partial charge in [-0.1, -0.05) is 217 Å². The van der Waals surface area contributed by atoms with Crippen LogP contribution in [0.25, 0.3) is 0 Å². The highest BCUT2D eigenvalue weighted by Gasteiger charge is 2.20. The molecule has 6 nitrogen and oxygen atoms in total. The van der Waals surface area contributed by atoms with E-state index in [1.807, 2.05) is 0 Å². The van der Waals surface area contributed by atoms with Crippen molar-refractivity contribution in [1.82, 2.24) is 5.32 Å². The number of rotatable bonds is 49. The van der Waals surface area contributed by atoms with Gasteiger partial charge in [0.15, 0.2) is 0 Å². The molecule has 1 amide bonds. The molecule has 0 aromatic rings. The number of unbranched alkanes of at least 4 members (excludes halogenated alkanes) is 32. The molecule has 0 aromatic heterocycles. The molecule has 6 heteroatoms. The molecule has 358 valence electrons. The molecule has 0 rings (SSSR count). The molecule has 0 fully saturated rings. The lowest BCUT2D eigenvalue weighted by Gasteiger charge is -2.22. The molecular formula is C55H103NO5. The first-order valence-electron chi connectivity index (χ1n) is 26.7. The van der Waals surface area contributed by atoms with E-state index in [-0.39, 0.29) is 18.5 Å². The third-order valence-electron chi connectivity index (χ3n) is 12.2. The van der Waals surface area contributed by atoms with Crippen LogP contribution in [0.1, 0.15) is 277 Å². The minimum absolute atomic E-state index is 0.0498. The number of allylic oxidation sites excluding steroid dienone is 6. The van der Waals surface area contributed by atoms with Crippen LogP contribution in [-0.4, -0.2) is 47.4 Å². The maximum atomic E-state index is 12.5. The Morgan fingerprint density at radius 2 is 0.820 bits per heavy atom. The zero-order valence-electron chi connectivity index (χ0n) is 40.6. The van der Waals surface area contributed by atoms with Crippen LogP contribution in [0.2, 0.25) is 0 Å². The molecule has 0 heterocycles. The largest absolute Gasteiger partial charge is 0.466 e. The second kappa shape index (κ2) is 50.7. The van der Waals surface area contributed by atoms with Crippen molar-refractivity contribution < 1.29 is 24.5 Å². The summed E-state index contributed by atoms with van der Waals surface area (Å²) in [7, 11) is 0. The van der Waals surface area contributed by atoms with Gasteiger partial charge in [-0.25, -0.2) is 0 Å². The molecule has 0 bridgehead atoms. The molecule has 3 N–H and O–H groups in total. The lowest BCUT2D eigenvalue weighted by molar-refractivity contribution is -0.143. The van der Waals surface area contributed by atoms with Gasteiger partial charge in [0.2, 0.25) is 5.91 Å². The molecule has 0 radical (unpaired) electrons. The van der Waals surface area contributed by atoms with Gasteiger partial charge >= 0.3 is 5.97 Å². The summed E-state index contributed by atoms with van der Waals surface area (Å²) in [6, 6.07) is -0.568. The summed E-state index contributed by atoms with van der Waals surface area (Å²) < 4.78 is 5.43. The molecule has 0 aromatic carbocycles. The summed E-state index contributed by atoms with van der Waals surface area (Å²) in [4.78, 5) is 24.5. The molecule has 0 spiro atoms. The van der Waals surface area contributed by atoms with E-state index in [0.29, 0.717) is 25.9 Å². The van der Waals surface area contributed by atoms with Crippen molar-refractivity contribution in [3.63, 3.8) is 0 Å². The zero-order chi connectivity index (χ0) is 44.4. The standard InChI is InChI=1S/C55H103NO5/c1-3-5-7-9-11-13-15-17-19-21-22-23-25-27-31-35-39-43-47-53(58)52(51-57)56-54(59)48-44-40-36-32-29-30-34-38-42-46-50-61-55(60)49-45-41-37-33-28-26-24-20-18-16-14-12-10-8-6-4-2/h14,16,20,24,30,34,52-53,57-58H,3-13,15,17-19,21-23,25-29,31-33,35-51H2,1-2H3,(H,56,59)/b16-14-,24-20-,34-30-. The number of carbonyl (C=O) groups excluding carboxylic acids is 2. The van der Waals surface area contributed by atoms with E-state index in [1.54, 1.807) is 0 Å². The van der Waals surface area contributed by atoms with Crippen LogP contribution in [0.15, 0.2) is 36.5 Å². The number of carbonyl (C=O) groups is 2. The maximum Gasteiger partial charge on any atom is 0.305 e. The molecule has 0 saturated heterocycles. The molecular weight excluding hydrogens is 755 g/mol. The number of amides is 1. The summed E-state index contributed by atoms with van der Waals surface area (Å²) in [5, 5.41) is 23.2. The van der Waals surface area contributed by atoms with Crippen LogP contribution < -0.4 is 5.32 Å². The summed E-state index contributed by atoms with van der Waals surface area (Å²) in [6.07, 6.45) is 61.2. The number of aliphatic hydroxyl groups is 2. The summed E-state index contributed by atoms with van der Waals surface area (Å²) in [5.74, 6) is -0.121. The van der Waals surface area contributed by atoms with Crippen molar-refractivity contribution in [3.8, 4) is 0 Å². The van der Waals surface area contributed by atoms with Gasteiger partial charge in [0, 0.05) is 12.8 Å². The van der Waals surface area contributed by atoms with Gasteiger partial charge in [-0.3, -0.25) is 9.59 Å². The smallest absolute Gasteiger partial charge is 0.305 e. The van der Waals surface area contributed by atoms with Crippen LogP contribution in [0.3, 0.4) is 0 Å². The van der Waals surface area contributed by atoms with Crippen molar-refractivity contribution in [2.24, 2.45) is 0 Å². The molecule has 61 heavy (non-hydrogen) atoms. The maximum absolute atomic E-state index is 12.5. The minimum Gasteiger partial charge on any atom is -0.466 e. The Bertz CT molecular complexity index is 993. The van der Waals surface area contributed by atoms with Crippen LogP contribution in [0.5, 0.6) is 0 Å². The lowest BCUT2D eigenvalue weighted by Crippen LogP contribution is -2.45. The van der Waals surface area contributed by atoms with E-state index in [1.165, 1.54) is 154 Å². The van der Waals surface area contributed by atoms with Crippen molar-refractivity contribution in [1.29, 1.82) is 0 Å². The first-order chi connectivity index (χ1) is 30.0. The van der Waals surface area contributed by atoms with E-state index in [9.17, 15) is 19.8 Å². The van der Waals surface area contributed by atoms with E-state index >= 15 is 0 Å².